The first kappa shape index (κ1) is 12.8. The van der Waals surface area contributed by atoms with Crippen molar-refractivity contribution in [3.05, 3.63) is 42.0 Å². The first-order valence-corrected chi connectivity index (χ1v) is 7.36. The van der Waals surface area contributed by atoms with Crippen LogP contribution >= 0.6 is 11.3 Å². The highest BCUT2D eigenvalue weighted by atomic mass is 32.1. The summed E-state index contributed by atoms with van der Waals surface area (Å²) in [5.74, 6) is 1.88. The van der Waals surface area contributed by atoms with Crippen molar-refractivity contribution in [3.63, 3.8) is 0 Å². The summed E-state index contributed by atoms with van der Waals surface area (Å²) < 4.78 is 5.21. The first-order chi connectivity index (χ1) is 10.8. The number of nitrogens with zero attached hydrogens (tertiary/aromatic N) is 6. The van der Waals surface area contributed by atoms with Gasteiger partial charge in [0.2, 0.25) is 5.82 Å². The van der Waals surface area contributed by atoms with Crippen LogP contribution in [-0.4, -0.2) is 37.3 Å². The third-order valence-electron chi connectivity index (χ3n) is 3.17. The minimum atomic E-state index is 0.515. The summed E-state index contributed by atoms with van der Waals surface area (Å²) in [7, 11) is 1.62. The number of methoxy groups -OCH3 is 1. The molecule has 4 rings (SSSR count). The maximum Gasteiger partial charge on any atom is 0.205 e. The van der Waals surface area contributed by atoms with E-state index in [-0.39, 0.29) is 0 Å². The Labute approximate surface area is 129 Å². The van der Waals surface area contributed by atoms with Crippen molar-refractivity contribution in [3.8, 4) is 23.0 Å². The molecule has 0 amide bonds. The molecular formula is C14H10N6OS. The monoisotopic (exact) mass is 310 g/mol. The molecule has 0 unspecified atom stereocenters. The van der Waals surface area contributed by atoms with E-state index >= 15 is 0 Å². The van der Waals surface area contributed by atoms with Gasteiger partial charge in [0.15, 0.2) is 5.82 Å². The van der Waals surface area contributed by atoms with Crippen LogP contribution in [0.5, 0.6) is 5.75 Å². The van der Waals surface area contributed by atoms with Gasteiger partial charge in [0.1, 0.15) is 16.9 Å². The van der Waals surface area contributed by atoms with Crippen LogP contribution in [0.15, 0.2) is 42.0 Å². The lowest BCUT2D eigenvalue weighted by Gasteiger charge is -2.00. The SMILES string of the molecule is COc1cccc(-c2nnn(-c3ncnc4sccc34)n2)c1. The van der Waals surface area contributed by atoms with Gasteiger partial charge in [0.25, 0.3) is 0 Å². The third kappa shape index (κ3) is 2.09. The van der Waals surface area contributed by atoms with Gasteiger partial charge in [-0.05, 0) is 28.8 Å². The Bertz CT molecular complexity index is 947. The Balaban J connectivity index is 1.79. The van der Waals surface area contributed by atoms with Crippen LogP contribution in [0, 0.1) is 0 Å². The van der Waals surface area contributed by atoms with E-state index in [0.717, 1.165) is 21.5 Å². The van der Waals surface area contributed by atoms with E-state index in [1.165, 1.54) is 11.1 Å². The van der Waals surface area contributed by atoms with Gasteiger partial charge in [0, 0.05) is 5.56 Å². The molecule has 8 heteroatoms. The molecule has 0 aliphatic heterocycles. The second kappa shape index (κ2) is 5.15. The van der Waals surface area contributed by atoms with Crippen LogP contribution in [0.2, 0.25) is 0 Å². The zero-order valence-corrected chi connectivity index (χ0v) is 12.4. The van der Waals surface area contributed by atoms with Gasteiger partial charge >= 0.3 is 0 Å². The molecule has 0 atom stereocenters. The second-order valence-corrected chi connectivity index (χ2v) is 5.37. The molecule has 22 heavy (non-hydrogen) atoms. The first-order valence-electron chi connectivity index (χ1n) is 6.48. The fourth-order valence-electron chi connectivity index (χ4n) is 2.12. The lowest BCUT2D eigenvalue weighted by molar-refractivity contribution is 0.415. The topological polar surface area (TPSA) is 78.6 Å². The van der Waals surface area contributed by atoms with Crippen LogP contribution < -0.4 is 4.74 Å². The maximum absolute atomic E-state index is 5.21. The van der Waals surface area contributed by atoms with Crippen molar-refractivity contribution < 1.29 is 4.74 Å². The number of fused-ring (bicyclic) bond motifs is 1. The highest BCUT2D eigenvalue weighted by molar-refractivity contribution is 7.16. The van der Waals surface area contributed by atoms with E-state index < -0.39 is 0 Å². The fourth-order valence-corrected chi connectivity index (χ4v) is 2.85. The largest absolute Gasteiger partial charge is 0.497 e. The smallest absolute Gasteiger partial charge is 0.205 e. The van der Waals surface area contributed by atoms with Gasteiger partial charge in [-0.25, -0.2) is 9.97 Å². The van der Waals surface area contributed by atoms with E-state index in [9.17, 15) is 0 Å². The molecular weight excluding hydrogens is 300 g/mol. The molecule has 3 heterocycles. The van der Waals surface area contributed by atoms with Crippen molar-refractivity contribution >= 4 is 21.6 Å². The molecule has 0 saturated carbocycles. The molecule has 0 N–H and O–H groups in total. The molecule has 7 nitrogen and oxygen atoms in total. The summed E-state index contributed by atoms with van der Waals surface area (Å²) in [5.41, 5.74) is 0.834. The standard InChI is InChI=1S/C14H10N6OS/c1-21-10-4-2-3-9(7-10)12-17-19-20(18-12)13-11-5-6-22-14(11)16-8-15-13/h2-8H,1H3. The zero-order valence-electron chi connectivity index (χ0n) is 11.5. The Morgan fingerprint density at radius 2 is 2.14 bits per heavy atom. The molecule has 3 aromatic heterocycles. The van der Waals surface area contributed by atoms with Gasteiger partial charge in [-0.3, -0.25) is 0 Å². The number of benzene rings is 1. The Morgan fingerprint density at radius 3 is 3.05 bits per heavy atom. The van der Waals surface area contributed by atoms with E-state index in [1.807, 2.05) is 35.7 Å². The Hall–Kier alpha value is -2.87. The molecule has 0 saturated heterocycles. The minimum absolute atomic E-state index is 0.515. The van der Waals surface area contributed by atoms with Gasteiger partial charge in [-0.2, -0.15) is 0 Å². The van der Waals surface area contributed by atoms with Crippen molar-refractivity contribution in [2.45, 2.75) is 0 Å². The van der Waals surface area contributed by atoms with E-state index in [4.69, 9.17) is 4.74 Å². The highest BCUT2D eigenvalue weighted by Gasteiger charge is 2.12. The van der Waals surface area contributed by atoms with Gasteiger partial charge in [-0.15, -0.1) is 26.3 Å². The van der Waals surface area contributed by atoms with E-state index in [0.29, 0.717) is 11.6 Å². The summed E-state index contributed by atoms with van der Waals surface area (Å²) in [6.07, 6.45) is 1.50. The van der Waals surface area contributed by atoms with Crippen molar-refractivity contribution in [1.29, 1.82) is 0 Å². The lowest BCUT2D eigenvalue weighted by atomic mass is 10.2. The number of hydrogen-bond acceptors (Lipinski definition) is 7. The molecule has 1 aromatic carbocycles. The van der Waals surface area contributed by atoms with E-state index in [2.05, 4.69) is 25.4 Å². The quantitative estimate of drug-likeness (QED) is 0.578. The number of aromatic nitrogens is 6. The van der Waals surface area contributed by atoms with E-state index in [1.54, 1.807) is 18.4 Å². The summed E-state index contributed by atoms with van der Waals surface area (Å²) in [4.78, 5) is 10.8. The lowest BCUT2D eigenvalue weighted by Crippen LogP contribution is -2.02. The van der Waals surface area contributed by atoms with Crippen LogP contribution in [0.25, 0.3) is 27.4 Å². The van der Waals surface area contributed by atoms with Gasteiger partial charge in [0.05, 0.1) is 12.5 Å². The third-order valence-corrected chi connectivity index (χ3v) is 3.99. The van der Waals surface area contributed by atoms with Crippen LogP contribution in [0.1, 0.15) is 0 Å². The molecule has 0 spiro atoms. The summed E-state index contributed by atoms with van der Waals surface area (Å²) >= 11 is 1.55. The number of thiophene rings is 1. The normalized spacial score (nSPS) is 11.0. The second-order valence-electron chi connectivity index (χ2n) is 4.47. The molecule has 0 bridgehead atoms. The molecule has 0 radical (unpaired) electrons. The van der Waals surface area contributed by atoms with Crippen molar-refractivity contribution in [2.24, 2.45) is 0 Å². The number of tetrazole rings is 1. The zero-order chi connectivity index (χ0) is 14.9. The number of rotatable bonds is 3. The molecule has 108 valence electrons. The Kier molecular flexibility index (Phi) is 3.01. The number of ether oxygens (including phenoxy) is 1. The molecule has 4 aromatic rings. The average Bonchev–Trinajstić information content (AvgIpc) is 3.23. The van der Waals surface area contributed by atoms with Crippen LogP contribution in [0.4, 0.5) is 0 Å². The predicted molar refractivity (Wildman–Crippen MR) is 82.1 cm³/mol. The van der Waals surface area contributed by atoms with Crippen molar-refractivity contribution in [1.82, 2.24) is 30.2 Å². The number of hydrogen-bond donors (Lipinski definition) is 0. The highest BCUT2D eigenvalue weighted by Crippen LogP contribution is 2.23. The average molecular weight is 310 g/mol. The summed E-state index contributed by atoms with van der Waals surface area (Å²) in [6, 6.07) is 9.47. The molecule has 0 aliphatic carbocycles. The Morgan fingerprint density at radius 1 is 1.18 bits per heavy atom. The fraction of sp³-hybridized carbons (Fsp3) is 0.0714. The van der Waals surface area contributed by atoms with Gasteiger partial charge in [-0.1, -0.05) is 12.1 Å². The predicted octanol–water partition coefficient (Wildman–Crippen LogP) is 2.34. The summed E-state index contributed by atoms with van der Waals surface area (Å²) in [5, 5.41) is 15.5. The van der Waals surface area contributed by atoms with Crippen molar-refractivity contribution in [2.75, 3.05) is 7.11 Å². The molecule has 0 fully saturated rings. The van der Waals surface area contributed by atoms with Crippen LogP contribution in [-0.2, 0) is 0 Å². The van der Waals surface area contributed by atoms with Crippen LogP contribution in [0.3, 0.4) is 0 Å². The summed E-state index contributed by atoms with van der Waals surface area (Å²) in [6.45, 7) is 0. The maximum atomic E-state index is 5.21. The van der Waals surface area contributed by atoms with Gasteiger partial charge < -0.3 is 4.74 Å². The minimum Gasteiger partial charge on any atom is -0.497 e. The molecule has 0 aliphatic rings.